The number of pyridine rings is 1. The molecule has 0 saturated heterocycles. The predicted molar refractivity (Wildman–Crippen MR) is 65.9 cm³/mol. The van der Waals surface area contributed by atoms with Crippen LogP contribution in [0.25, 0.3) is 0 Å². The molecule has 2 rings (SSSR count). The topological polar surface area (TPSA) is 108 Å². The zero-order chi connectivity index (χ0) is 12.4. The molecular formula is C9H9N5OS2. The highest BCUT2D eigenvalue weighted by atomic mass is 32.2. The van der Waals surface area contributed by atoms with Crippen molar-refractivity contribution in [2.75, 3.05) is 5.73 Å². The maximum atomic E-state index is 11.0. The van der Waals surface area contributed by atoms with Crippen LogP contribution < -0.4 is 11.5 Å². The monoisotopic (exact) mass is 267 g/mol. The van der Waals surface area contributed by atoms with Gasteiger partial charge in [-0.05, 0) is 42.4 Å². The highest BCUT2D eigenvalue weighted by Crippen LogP contribution is 2.31. The third kappa shape index (κ3) is 2.71. The second kappa shape index (κ2) is 4.68. The number of aromatic nitrogens is 3. The highest BCUT2D eigenvalue weighted by molar-refractivity contribution is 8.01. The molecule has 8 heteroatoms. The molecule has 0 aliphatic heterocycles. The predicted octanol–water partition coefficient (Wildman–Crippen LogP) is 1.07. The zero-order valence-electron chi connectivity index (χ0n) is 8.88. The average Bonchev–Trinajstić information content (AvgIpc) is 2.67. The highest BCUT2D eigenvalue weighted by Gasteiger charge is 2.11. The number of carbonyl (C=O) groups is 1. The summed E-state index contributed by atoms with van der Waals surface area (Å²) in [7, 11) is 0. The van der Waals surface area contributed by atoms with Gasteiger partial charge < -0.3 is 11.5 Å². The zero-order valence-corrected chi connectivity index (χ0v) is 10.5. The summed E-state index contributed by atoms with van der Waals surface area (Å²) in [6.07, 6.45) is 0. The first kappa shape index (κ1) is 11.8. The maximum Gasteiger partial charge on any atom is 0.267 e. The minimum absolute atomic E-state index is 0.183. The summed E-state index contributed by atoms with van der Waals surface area (Å²) in [4.78, 5) is 19.3. The van der Waals surface area contributed by atoms with Crippen molar-refractivity contribution in [1.82, 2.24) is 14.3 Å². The fourth-order valence-electron chi connectivity index (χ4n) is 1.07. The molecule has 2 heterocycles. The lowest BCUT2D eigenvalue weighted by molar-refractivity contribution is 0.0995. The number of hydrogen-bond acceptors (Lipinski definition) is 7. The Bertz CT molecular complexity index is 568. The molecule has 0 aliphatic carbocycles. The average molecular weight is 267 g/mol. The summed E-state index contributed by atoms with van der Waals surface area (Å²) in [5.41, 5.74) is 11.6. The van der Waals surface area contributed by atoms with Crippen LogP contribution in [0.1, 0.15) is 16.3 Å². The van der Waals surface area contributed by atoms with E-state index in [0.717, 1.165) is 4.34 Å². The van der Waals surface area contributed by atoms with Gasteiger partial charge in [0.2, 0.25) is 0 Å². The third-order valence-electron chi connectivity index (χ3n) is 1.84. The molecular weight excluding hydrogens is 258 g/mol. The van der Waals surface area contributed by atoms with Gasteiger partial charge in [0, 0.05) is 0 Å². The summed E-state index contributed by atoms with van der Waals surface area (Å²) in [6, 6.07) is 3.09. The van der Waals surface area contributed by atoms with Crippen LogP contribution in [0.4, 0.5) is 5.69 Å². The van der Waals surface area contributed by atoms with Gasteiger partial charge in [-0.3, -0.25) is 4.79 Å². The summed E-state index contributed by atoms with van der Waals surface area (Å²) in [5.74, 6) is 0.113. The Morgan fingerprint density at radius 1 is 1.41 bits per heavy atom. The van der Waals surface area contributed by atoms with Crippen LogP contribution in [0, 0.1) is 6.92 Å². The quantitative estimate of drug-likeness (QED) is 0.861. The molecule has 0 saturated carbocycles. The second-order valence-electron chi connectivity index (χ2n) is 3.16. The summed E-state index contributed by atoms with van der Waals surface area (Å²) >= 11 is 2.53. The Balaban J connectivity index is 2.31. The van der Waals surface area contributed by atoms with Crippen LogP contribution >= 0.6 is 23.3 Å². The standard InChI is InChI=1S/C9H9N5OS2/c1-4-12-9(17-14-4)16-8-5(10)2-3-6(13-8)7(11)15/h2-3H,10H2,1H3,(H2,11,15). The van der Waals surface area contributed by atoms with E-state index >= 15 is 0 Å². The Morgan fingerprint density at radius 3 is 2.76 bits per heavy atom. The summed E-state index contributed by atoms with van der Waals surface area (Å²) < 4.78 is 4.77. The van der Waals surface area contributed by atoms with Gasteiger partial charge in [0.25, 0.3) is 5.91 Å². The molecule has 0 unspecified atom stereocenters. The molecule has 88 valence electrons. The molecule has 0 aliphatic rings. The number of nitrogens with zero attached hydrogens (tertiary/aromatic N) is 3. The van der Waals surface area contributed by atoms with Gasteiger partial charge in [-0.25, -0.2) is 9.97 Å². The molecule has 4 N–H and O–H groups in total. The fraction of sp³-hybridized carbons (Fsp3) is 0.111. The van der Waals surface area contributed by atoms with Crippen LogP contribution in [0.2, 0.25) is 0 Å². The number of nitrogens with two attached hydrogens (primary N) is 2. The molecule has 0 bridgehead atoms. The molecule has 17 heavy (non-hydrogen) atoms. The minimum Gasteiger partial charge on any atom is -0.397 e. The van der Waals surface area contributed by atoms with Crippen molar-refractivity contribution in [2.24, 2.45) is 5.73 Å². The van der Waals surface area contributed by atoms with E-state index in [1.54, 1.807) is 13.0 Å². The van der Waals surface area contributed by atoms with E-state index in [0.29, 0.717) is 16.5 Å². The van der Waals surface area contributed by atoms with E-state index < -0.39 is 5.91 Å². The first-order valence-corrected chi connectivity index (χ1v) is 6.20. The van der Waals surface area contributed by atoms with E-state index in [1.807, 2.05) is 0 Å². The largest absolute Gasteiger partial charge is 0.397 e. The molecule has 2 aromatic rings. The number of nitrogen functional groups attached to an aromatic ring is 1. The lowest BCUT2D eigenvalue weighted by Crippen LogP contribution is -2.13. The number of anilines is 1. The molecule has 1 amide bonds. The third-order valence-corrected chi connectivity index (χ3v) is 3.70. The van der Waals surface area contributed by atoms with Gasteiger partial charge in [-0.1, -0.05) is 0 Å². The van der Waals surface area contributed by atoms with Crippen LogP contribution in [-0.2, 0) is 0 Å². The fourth-order valence-corrected chi connectivity index (χ4v) is 2.67. The minimum atomic E-state index is -0.583. The van der Waals surface area contributed by atoms with Gasteiger partial charge >= 0.3 is 0 Å². The van der Waals surface area contributed by atoms with Gasteiger partial charge in [-0.15, -0.1) is 0 Å². The van der Waals surface area contributed by atoms with Crippen molar-refractivity contribution in [3.63, 3.8) is 0 Å². The molecule has 0 atom stereocenters. The number of rotatable bonds is 3. The summed E-state index contributed by atoms with van der Waals surface area (Å²) in [6.45, 7) is 1.80. The molecule has 0 spiro atoms. The number of primary amides is 1. The normalized spacial score (nSPS) is 10.4. The Labute approximate surface area is 106 Å². The van der Waals surface area contributed by atoms with Crippen molar-refractivity contribution < 1.29 is 4.79 Å². The SMILES string of the molecule is Cc1nsc(Sc2nc(C(N)=O)ccc2N)n1. The van der Waals surface area contributed by atoms with Crippen molar-refractivity contribution in [3.05, 3.63) is 23.7 Å². The smallest absolute Gasteiger partial charge is 0.267 e. The van der Waals surface area contributed by atoms with Gasteiger partial charge in [0.05, 0.1) is 5.69 Å². The van der Waals surface area contributed by atoms with Gasteiger partial charge in [0.15, 0.2) is 4.34 Å². The van der Waals surface area contributed by atoms with Crippen molar-refractivity contribution in [2.45, 2.75) is 16.3 Å². The van der Waals surface area contributed by atoms with Crippen molar-refractivity contribution >= 4 is 34.9 Å². The van der Waals surface area contributed by atoms with Crippen LogP contribution in [0.15, 0.2) is 21.5 Å². The molecule has 2 aromatic heterocycles. The lowest BCUT2D eigenvalue weighted by Gasteiger charge is -2.03. The first-order chi connectivity index (χ1) is 8.06. The molecule has 0 aromatic carbocycles. The van der Waals surface area contributed by atoms with Crippen molar-refractivity contribution in [1.29, 1.82) is 0 Å². The van der Waals surface area contributed by atoms with E-state index in [1.165, 1.54) is 29.4 Å². The number of amides is 1. The first-order valence-electron chi connectivity index (χ1n) is 4.61. The lowest BCUT2D eigenvalue weighted by atomic mass is 10.3. The van der Waals surface area contributed by atoms with E-state index in [4.69, 9.17) is 11.5 Å². The molecule has 6 nitrogen and oxygen atoms in total. The van der Waals surface area contributed by atoms with E-state index in [2.05, 4.69) is 14.3 Å². The van der Waals surface area contributed by atoms with Gasteiger partial charge in [0.1, 0.15) is 16.5 Å². The number of hydrogen-bond donors (Lipinski definition) is 2. The second-order valence-corrected chi connectivity index (χ2v) is 5.15. The Morgan fingerprint density at radius 2 is 2.18 bits per heavy atom. The van der Waals surface area contributed by atoms with E-state index in [-0.39, 0.29) is 5.69 Å². The maximum absolute atomic E-state index is 11.0. The van der Waals surface area contributed by atoms with Crippen LogP contribution in [-0.4, -0.2) is 20.2 Å². The number of aryl methyl sites for hydroxylation is 1. The summed E-state index contributed by atoms with van der Waals surface area (Å²) in [5, 5.41) is 0.512. The van der Waals surface area contributed by atoms with Crippen molar-refractivity contribution in [3.8, 4) is 0 Å². The number of carbonyl (C=O) groups excluding carboxylic acids is 1. The van der Waals surface area contributed by atoms with Crippen LogP contribution in [0.3, 0.4) is 0 Å². The molecule has 0 fully saturated rings. The Kier molecular flexibility index (Phi) is 3.25. The Hall–Kier alpha value is -1.67. The van der Waals surface area contributed by atoms with Gasteiger partial charge in [-0.2, -0.15) is 4.37 Å². The van der Waals surface area contributed by atoms with E-state index in [9.17, 15) is 4.79 Å². The van der Waals surface area contributed by atoms with Crippen LogP contribution in [0.5, 0.6) is 0 Å². The molecule has 0 radical (unpaired) electrons.